The van der Waals surface area contributed by atoms with Gasteiger partial charge in [0.25, 0.3) is 0 Å². The molecule has 0 bridgehead atoms. The van der Waals surface area contributed by atoms with Gasteiger partial charge in [-0.2, -0.15) is 0 Å². The van der Waals surface area contributed by atoms with Gasteiger partial charge in [0.1, 0.15) is 6.04 Å². The first-order valence-corrected chi connectivity index (χ1v) is 7.91. The Balaban J connectivity index is 2.13. The number of halogens is 1. The molecule has 0 radical (unpaired) electrons. The molecular formula is C14H15BrN2O2S. The molecule has 2 rings (SSSR count). The molecule has 1 atom stereocenters. The number of ether oxygens (including phenoxy) is 1. The van der Waals surface area contributed by atoms with Crippen LogP contribution in [0.3, 0.4) is 0 Å². The van der Waals surface area contributed by atoms with Gasteiger partial charge in [0.05, 0.1) is 6.61 Å². The van der Waals surface area contributed by atoms with E-state index in [9.17, 15) is 4.79 Å². The fourth-order valence-electron chi connectivity index (χ4n) is 1.76. The molecule has 4 nitrogen and oxygen atoms in total. The largest absolute Gasteiger partial charge is 0.465 e. The van der Waals surface area contributed by atoms with E-state index >= 15 is 0 Å². The Morgan fingerprint density at radius 3 is 3.05 bits per heavy atom. The third-order valence-electron chi connectivity index (χ3n) is 2.64. The number of carbonyl (C=O) groups excluding carboxylic acids is 1. The summed E-state index contributed by atoms with van der Waals surface area (Å²) in [6.45, 7) is 2.78. The number of esters is 1. The summed E-state index contributed by atoms with van der Waals surface area (Å²) >= 11 is 5.02. The number of carbonyl (C=O) groups is 1. The number of pyridine rings is 1. The highest BCUT2D eigenvalue weighted by molar-refractivity contribution is 9.10. The highest BCUT2D eigenvalue weighted by Crippen LogP contribution is 2.19. The van der Waals surface area contributed by atoms with Gasteiger partial charge in [0.15, 0.2) is 0 Å². The third kappa shape index (κ3) is 4.13. The van der Waals surface area contributed by atoms with Crippen LogP contribution in [0.2, 0.25) is 0 Å². The normalized spacial score (nSPS) is 12.1. The second-order valence-corrected chi connectivity index (χ2v) is 6.03. The summed E-state index contributed by atoms with van der Waals surface area (Å²) in [5.74, 6) is -0.288. The Bertz CT molecular complexity index is 560. The van der Waals surface area contributed by atoms with Gasteiger partial charge < -0.3 is 4.74 Å². The van der Waals surface area contributed by atoms with Gasteiger partial charge in [-0.1, -0.05) is 6.07 Å². The molecule has 0 fully saturated rings. The molecule has 2 aromatic rings. The maximum absolute atomic E-state index is 12.1. The molecular weight excluding hydrogens is 340 g/mol. The van der Waals surface area contributed by atoms with Crippen LogP contribution in [-0.2, 0) is 16.1 Å². The van der Waals surface area contributed by atoms with Gasteiger partial charge in [-0.05, 0) is 45.9 Å². The number of hydrogen-bond donors (Lipinski definition) is 1. The van der Waals surface area contributed by atoms with Crippen LogP contribution in [0.1, 0.15) is 23.4 Å². The second kappa shape index (κ2) is 7.52. The molecule has 106 valence electrons. The number of rotatable bonds is 6. The fourth-order valence-corrected chi connectivity index (χ4v) is 2.80. The maximum Gasteiger partial charge on any atom is 0.327 e. The number of hydrogen-bond acceptors (Lipinski definition) is 5. The Hall–Kier alpha value is -1.24. The average Bonchev–Trinajstić information content (AvgIpc) is 2.92. The molecule has 0 aromatic carbocycles. The summed E-state index contributed by atoms with van der Waals surface area (Å²) in [6.07, 6.45) is 3.36. The van der Waals surface area contributed by atoms with Crippen LogP contribution in [0, 0.1) is 0 Å². The molecule has 0 aliphatic heterocycles. The summed E-state index contributed by atoms with van der Waals surface area (Å²) in [5.41, 5.74) is 0.786. The van der Waals surface area contributed by atoms with E-state index in [0.29, 0.717) is 13.2 Å². The van der Waals surface area contributed by atoms with E-state index in [2.05, 4.69) is 26.2 Å². The van der Waals surface area contributed by atoms with Crippen molar-refractivity contribution in [2.24, 2.45) is 0 Å². The Morgan fingerprint density at radius 1 is 1.55 bits per heavy atom. The van der Waals surface area contributed by atoms with Crippen molar-refractivity contribution >= 4 is 33.2 Å². The molecule has 1 N–H and O–H groups in total. The van der Waals surface area contributed by atoms with Crippen molar-refractivity contribution in [3.63, 3.8) is 0 Å². The molecule has 0 spiro atoms. The lowest BCUT2D eigenvalue weighted by Gasteiger charge is -2.17. The van der Waals surface area contributed by atoms with Gasteiger partial charge in [0.2, 0.25) is 0 Å². The molecule has 0 aliphatic carbocycles. The lowest BCUT2D eigenvalue weighted by molar-refractivity contribution is -0.145. The maximum atomic E-state index is 12.1. The van der Waals surface area contributed by atoms with Crippen molar-refractivity contribution in [2.45, 2.75) is 19.5 Å². The molecule has 0 amide bonds. The van der Waals surface area contributed by atoms with E-state index < -0.39 is 6.04 Å². The van der Waals surface area contributed by atoms with Crippen molar-refractivity contribution in [1.82, 2.24) is 10.3 Å². The molecule has 2 heterocycles. The molecule has 20 heavy (non-hydrogen) atoms. The number of nitrogens with zero attached hydrogens (tertiary/aromatic N) is 1. The van der Waals surface area contributed by atoms with E-state index in [1.54, 1.807) is 30.7 Å². The van der Waals surface area contributed by atoms with Gasteiger partial charge in [-0.25, -0.2) is 4.79 Å². The quantitative estimate of drug-likeness (QED) is 0.808. The van der Waals surface area contributed by atoms with Gasteiger partial charge in [-0.15, -0.1) is 11.3 Å². The first kappa shape index (κ1) is 15.2. The van der Waals surface area contributed by atoms with E-state index in [1.807, 2.05) is 23.6 Å². The minimum atomic E-state index is -0.512. The van der Waals surface area contributed by atoms with E-state index in [0.717, 1.165) is 10.0 Å². The molecule has 1 unspecified atom stereocenters. The zero-order valence-electron chi connectivity index (χ0n) is 11.0. The van der Waals surface area contributed by atoms with E-state index in [-0.39, 0.29) is 5.97 Å². The minimum Gasteiger partial charge on any atom is -0.465 e. The van der Waals surface area contributed by atoms with Crippen molar-refractivity contribution in [2.75, 3.05) is 6.61 Å². The van der Waals surface area contributed by atoms with Gasteiger partial charge in [0, 0.05) is 28.3 Å². The zero-order valence-corrected chi connectivity index (χ0v) is 13.4. The molecule has 0 saturated carbocycles. The van der Waals surface area contributed by atoms with Crippen molar-refractivity contribution in [3.05, 3.63) is 50.9 Å². The van der Waals surface area contributed by atoms with Crippen LogP contribution < -0.4 is 5.32 Å². The lowest BCUT2D eigenvalue weighted by Crippen LogP contribution is -2.29. The third-order valence-corrected chi connectivity index (χ3v) is 3.95. The molecule has 6 heteroatoms. The van der Waals surface area contributed by atoms with Crippen LogP contribution in [0.4, 0.5) is 0 Å². The monoisotopic (exact) mass is 354 g/mol. The Labute approximate surface area is 130 Å². The first-order valence-electron chi connectivity index (χ1n) is 6.23. The topological polar surface area (TPSA) is 51.2 Å². The average molecular weight is 355 g/mol. The first-order chi connectivity index (χ1) is 9.70. The smallest absolute Gasteiger partial charge is 0.327 e. The molecule has 0 saturated heterocycles. The summed E-state index contributed by atoms with van der Waals surface area (Å²) in [6, 6.07) is 5.37. The summed E-state index contributed by atoms with van der Waals surface area (Å²) in [7, 11) is 0. The standard InChI is InChI=1S/C14H15BrN2O2S/c1-2-19-14(18)13(10-6-11(15)8-16-7-10)17-9-12-4-3-5-20-12/h3-8,13,17H,2,9H2,1H3. The summed E-state index contributed by atoms with van der Waals surface area (Å²) < 4.78 is 5.96. The van der Waals surface area contributed by atoms with Crippen LogP contribution in [-0.4, -0.2) is 17.6 Å². The van der Waals surface area contributed by atoms with Gasteiger partial charge >= 0.3 is 5.97 Å². The predicted molar refractivity (Wildman–Crippen MR) is 82.5 cm³/mol. The van der Waals surface area contributed by atoms with Crippen LogP contribution in [0.15, 0.2) is 40.4 Å². The highest BCUT2D eigenvalue weighted by atomic mass is 79.9. The zero-order chi connectivity index (χ0) is 14.4. The van der Waals surface area contributed by atoms with E-state index in [1.165, 1.54) is 4.88 Å². The van der Waals surface area contributed by atoms with Crippen molar-refractivity contribution in [1.29, 1.82) is 0 Å². The summed E-state index contributed by atoms with van der Waals surface area (Å²) in [4.78, 5) is 17.4. The molecule has 0 aliphatic rings. The number of aromatic nitrogens is 1. The van der Waals surface area contributed by atoms with Crippen LogP contribution in [0.5, 0.6) is 0 Å². The minimum absolute atomic E-state index is 0.288. The van der Waals surface area contributed by atoms with Crippen molar-refractivity contribution in [3.8, 4) is 0 Å². The van der Waals surface area contributed by atoms with E-state index in [4.69, 9.17) is 4.74 Å². The van der Waals surface area contributed by atoms with Crippen molar-refractivity contribution < 1.29 is 9.53 Å². The molecule has 2 aromatic heterocycles. The van der Waals surface area contributed by atoms with Gasteiger partial charge in [-0.3, -0.25) is 10.3 Å². The van der Waals surface area contributed by atoms with Crippen LogP contribution in [0.25, 0.3) is 0 Å². The Kier molecular flexibility index (Phi) is 5.70. The SMILES string of the molecule is CCOC(=O)C(NCc1cccs1)c1cncc(Br)c1. The number of thiophene rings is 1. The number of nitrogens with one attached hydrogen (secondary N) is 1. The second-order valence-electron chi connectivity index (χ2n) is 4.08. The fraction of sp³-hybridized carbons (Fsp3) is 0.286. The predicted octanol–water partition coefficient (Wildman–Crippen LogP) is 3.30. The van der Waals surface area contributed by atoms with Crippen LogP contribution >= 0.6 is 27.3 Å². The Morgan fingerprint density at radius 2 is 2.40 bits per heavy atom. The highest BCUT2D eigenvalue weighted by Gasteiger charge is 2.22. The summed E-state index contributed by atoms with van der Waals surface area (Å²) in [5, 5.41) is 5.24. The lowest BCUT2D eigenvalue weighted by atomic mass is 10.1.